The number of carbonyl (C=O) groups excluding carboxylic acids is 1. The largest absolute Gasteiger partial charge is 0.472 e. The lowest BCUT2D eigenvalue weighted by molar-refractivity contribution is 0.0282. The van der Waals surface area contributed by atoms with Gasteiger partial charge in [-0.15, -0.1) is 0 Å². The Morgan fingerprint density at radius 2 is 1.94 bits per heavy atom. The maximum atomic E-state index is 14.1. The standard InChI is InChI=1S/C24H32BrF2N3O3/c1-24(2,3)33-23(31)29(4)14-20-21(25)22(30(28-20)13-16-8-6-5-7-9-16)32-15-17-12-18(26)10-11-19(17)27/h10-12,16H,5-9,13-15H2,1-4H3. The summed E-state index contributed by atoms with van der Waals surface area (Å²) in [6, 6.07) is 3.29. The number of carbonyl (C=O) groups is 1. The molecule has 0 N–H and O–H groups in total. The number of halogens is 3. The lowest BCUT2D eigenvalue weighted by atomic mass is 9.89. The predicted molar refractivity (Wildman–Crippen MR) is 125 cm³/mol. The van der Waals surface area contributed by atoms with E-state index in [1.807, 2.05) is 20.8 Å². The van der Waals surface area contributed by atoms with Gasteiger partial charge in [0.1, 0.15) is 34.0 Å². The Hall–Kier alpha value is -2.16. The number of amides is 1. The molecule has 0 bridgehead atoms. The molecule has 3 rings (SSSR count). The van der Waals surface area contributed by atoms with Crippen molar-refractivity contribution in [2.75, 3.05) is 7.05 Å². The van der Waals surface area contributed by atoms with Gasteiger partial charge in [0.25, 0.3) is 0 Å². The number of benzene rings is 1. The molecule has 1 aromatic heterocycles. The van der Waals surface area contributed by atoms with E-state index in [0.717, 1.165) is 31.0 Å². The number of hydrogen-bond acceptors (Lipinski definition) is 4. The van der Waals surface area contributed by atoms with Crippen molar-refractivity contribution >= 4 is 22.0 Å². The molecule has 1 saturated carbocycles. The predicted octanol–water partition coefficient (Wildman–Crippen LogP) is 6.45. The molecule has 1 aliphatic carbocycles. The second-order valence-corrected chi connectivity index (χ2v) is 10.4. The van der Waals surface area contributed by atoms with E-state index >= 15 is 0 Å². The van der Waals surface area contributed by atoms with E-state index in [2.05, 4.69) is 15.9 Å². The van der Waals surface area contributed by atoms with Crippen LogP contribution < -0.4 is 4.74 Å². The number of hydrogen-bond donors (Lipinski definition) is 0. The van der Waals surface area contributed by atoms with Gasteiger partial charge in [0, 0.05) is 19.2 Å². The van der Waals surface area contributed by atoms with E-state index in [9.17, 15) is 13.6 Å². The van der Waals surface area contributed by atoms with Crippen molar-refractivity contribution in [3.05, 3.63) is 45.6 Å². The SMILES string of the molecule is CN(Cc1nn(CC2CCCCC2)c(OCc2cc(F)ccc2F)c1Br)C(=O)OC(C)(C)C. The Morgan fingerprint density at radius 1 is 1.24 bits per heavy atom. The first-order chi connectivity index (χ1) is 15.5. The summed E-state index contributed by atoms with van der Waals surface area (Å²) in [6.45, 7) is 6.16. The zero-order valence-corrected chi connectivity index (χ0v) is 21.3. The highest BCUT2D eigenvalue weighted by Crippen LogP contribution is 2.33. The Balaban J connectivity index is 1.81. The fourth-order valence-electron chi connectivity index (χ4n) is 3.88. The highest BCUT2D eigenvalue weighted by Gasteiger charge is 2.25. The normalized spacial score (nSPS) is 14.9. The average molecular weight is 528 g/mol. The fourth-order valence-corrected chi connectivity index (χ4v) is 4.40. The molecule has 0 atom stereocenters. The minimum absolute atomic E-state index is 0.125. The van der Waals surface area contributed by atoms with Gasteiger partial charge in [-0.2, -0.15) is 5.10 Å². The van der Waals surface area contributed by atoms with Gasteiger partial charge in [-0.1, -0.05) is 19.3 Å². The second kappa shape index (κ2) is 10.8. The smallest absolute Gasteiger partial charge is 0.410 e. The average Bonchev–Trinajstić information content (AvgIpc) is 3.02. The van der Waals surface area contributed by atoms with Crippen LogP contribution in [0.5, 0.6) is 5.88 Å². The van der Waals surface area contributed by atoms with Gasteiger partial charge in [0.2, 0.25) is 5.88 Å². The fraction of sp³-hybridized carbons (Fsp3) is 0.583. The summed E-state index contributed by atoms with van der Waals surface area (Å²) < 4.78 is 41.4. The molecule has 33 heavy (non-hydrogen) atoms. The van der Waals surface area contributed by atoms with Crippen LogP contribution in [0.4, 0.5) is 13.6 Å². The Labute approximate surface area is 202 Å². The maximum Gasteiger partial charge on any atom is 0.410 e. The van der Waals surface area contributed by atoms with E-state index in [4.69, 9.17) is 14.6 Å². The van der Waals surface area contributed by atoms with Gasteiger partial charge in [-0.25, -0.2) is 18.3 Å². The Morgan fingerprint density at radius 3 is 2.61 bits per heavy atom. The van der Waals surface area contributed by atoms with Gasteiger partial charge >= 0.3 is 6.09 Å². The summed E-state index contributed by atoms with van der Waals surface area (Å²) in [5, 5.41) is 4.70. The molecular weight excluding hydrogens is 496 g/mol. The van der Waals surface area contributed by atoms with Crippen LogP contribution in [0.3, 0.4) is 0 Å². The summed E-state index contributed by atoms with van der Waals surface area (Å²) >= 11 is 3.56. The molecule has 1 aromatic carbocycles. The van der Waals surface area contributed by atoms with Gasteiger partial charge in [0.05, 0.1) is 6.54 Å². The van der Waals surface area contributed by atoms with Crippen molar-refractivity contribution in [2.45, 2.75) is 78.2 Å². The van der Waals surface area contributed by atoms with Gasteiger partial charge < -0.3 is 14.4 Å². The highest BCUT2D eigenvalue weighted by molar-refractivity contribution is 9.10. The summed E-state index contributed by atoms with van der Waals surface area (Å²) in [7, 11) is 1.64. The zero-order valence-electron chi connectivity index (χ0n) is 19.7. The number of aromatic nitrogens is 2. The molecule has 1 fully saturated rings. The topological polar surface area (TPSA) is 56.6 Å². The minimum Gasteiger partial charge on any atom is -0.472 e. The minimum atomic E-state index is -0.605. The number of ether oxygens (including phenoxy) is 2. The quantitative estimate of drug-likeness (QED) is 0.415. The van der Waals surface area contributed by atoms with Crippen LogP contribution in [-0.4, -0.2) is 33.4 Å². The summed E-state index contributed by atoms with van der Waals surface area (Å²) in [4.78, 5) is 13.9. The van der Waals surface area contributed by atoms with E-state index in [1.165, 1.54) is 24.2 Å². The molecule has 1 aliphatic rings. The van der Waals surface area contributed by atoms with Crippen molar-refractivity contribution in [3.8, 4) is 5.88 Å². The molecule has 182 valence electrons. The molecule has 9 heteroatoms. The van der Waals surface area contributed by atoms with Crippen LogP contribution in [0.1, 0.15) is 64.1 Å². The third-order valence-corrected chi connectivity index (χ3v) is 6.33. The molecular formula is C24H32BrF2N3O3. The van der Waals surface area contributed by atoms with Crippen LogP contribution >= 0.6 is 15.9 Å². The van der Waals surface area contributed by atoms with Crippen molar-refractivity contribution in [1.82, 2.24) is 14.7 Å². The van der Waals surface area contributed by atoms with Crippen molar-refractivity contribution < 1.29 is 23.0 Å². The number of nitrogens with zero attached hydrogens (tertiary/aromatic N) is 3. The number of rotatable bonds is 7. The Kier molecular flexibility index (Phi) is 8.37. The van der Waals surface area contributed by atoms with E-state index in [1.54, 1.807) is 11.7 Å². The Bertz CT molecular complexity index is 969. The van der Waals surface area contributed by atoms with Gasteiger partial charge in [0.15, 0.2) is 0 Å². The molecule has 0 radical (unpaired) electrons. The summed E-state index contributed by atoms with van der Waals surface area (Å²) in [5.41, 5.74) is 0.125. The van der Waals surface area contributed by atoms with Crippen LogP contribution in [0.2, 0.25) is 0 Å². The first-order valence-electron chi connectivity index (χ1n) is 11.3. The van der Waals surface area contributed by atoms with Gasteiger partial charge in [-0.3, -0.25) is 0 Å². The van der Waals surface area contributed by atoms with Crippen LogP contribution in [-0.2, 0) is 24.4 Å². The van der Waals surface area contributed by atoms with Crippen LogP contribution in [0, 0.1) is 17.6 Å². The molecule has 6 nitrogen and oxygen atoms in total. The lowest BCUT2D eigenvalue weighted by Crippen LogP contribution is -2.34. The molecule has 1 amide bonds. The van der Waals surface area contributed by atoms with Crippen molar-refractivity contribution in [2.24, 2.45) is 5.92 Å². The zero-order chi connectivity index (χ0) is 24.2. The van der Waals surface area contributed by atoms with E-state index < -0.39 is 23.3 Å². The molecule has 0 saturated heterocycles. The highest BCUT2D eigenvalue weighted by atomic mass is 79.9. The monoisotopic (exact) mass is 527 g/mol. The third-order valence-electron chi connectivity index (χ3n) is 5.54. The molecule has 2 aromatic rings. The second-order valence-electron chi connectivity index (χ2n) is 9.61. The van der Waals surface area contributed by atoms with E-state index in [-0.39, 0.29) is 18.7 Å². The summed E-state index contributed by atoms with van der Waals surface area (Å²) in [5.74, 6) is -0.146. The molecule has 0 spiro atoms. The first kappa shape index (κ1) is 25.5. The van der Waals surface area contributed by atoms with Crippen molar-refractivity contribution in [3.63, 3.8) is 0 Å². The molecule has 1 heterocycles. The molecule has 0 aliphatic heterocycles. The van der Waals surface area contributed by atoms with Crippen LogP contribution in [0.25, 0.3) is 0 Å². The first-order valence-corrected chi connectivity index (χ1v) is 12.1. The van der Waals surface area contributed by atoms with Gasteiger partial charge in [-0.05, 0) is 73.7 Å². The lowest BCUT2D eigenvalue weighted by Gasteiger charge is -2.24. The third kappa shape index (κ3) is 7.16. The van der Waals surface area contributed by atoms with Crippen molar-refractivity contribution in [1.29, 1.82) is 0 Å². The summed E-state index contributed by atoms with van der Waals surface area (Å²) in [6.07, 6.45) is 5.39. The van der Waals surface area contributed by atoms with E-state index in [0.29, 0.717) is 28.5 Å². The maximum absolute atomic E-state index is 14.1. The van der Waals surface area contributed by atoms with Crippen LogP contribution in [0.15, 0.2) is 22.7 Å². The molecule has 0 unspecified atom stereocenters.